The van der Waals surface area contributed by atoms with Crippen LogP contribution in [0.25, 0.3) is 88.4 Å². The molecular formula is C48H32N2. The maximum absolute atomic E-state index is 9.88. The zero-order chi connectivity index (χ0) is 41.7. The van der Waals surface area contributed by atoms with Crippen LogP contribution in [0.4, 0.5) is 0 Å². The third-order valence-electron chi connectivity index (χ3n) is 9.28. The average molecular weight is 647 g/mol. The molecule has 0 atom stereocenters. The number of nitrogens with zero attached hydrogens (tertiary/aromatic N) is 2. The van der Waals surface area contributed by atoms with Crippen molar-refractivity contribution in [2.45, 2.75) is 0 Å². The second kappa shape index (κ2) is 11.5. The summed E-state index contributed by atoms with van der Waals surface area (Å²) in [5.74, 6) is 0. The minimum Gasteiger partial charge on any atom is -0.309 e. The highest BCUT2D eigenvalue weighted by Gasteiger charge is 2.18. The van der Waals surface area contributed by atoms with Crippen LogP contribution in [0.5, 0.6) is 0 Å². The van der Waals surface area contributed by atoms with Gasteiger partial charge in [-0.25, -0.2) is 0 Å². The van der Waals surface area contributed by atoms with Gasteiger partial charge in [0.05, 0.1) is 35.8 Å². The third-order valence-corrected chi connectivity index (χ3v) is 9.28. The Morgan fingerprint density at radius 1 is 0.340 bits per heavy atom. The normalized spacial score (nSPS) is 14.4. The van der Waals surface area contributed by atoms with Crippen molar-refractivity contribution in [1.29, 1.82) is 0 Å². The molecule has 2 aromatic heterocycles. The first-order valence-electron chi connectivity index (χ1n) is 21.4. The standard InChI is InChI=1S/C48H32N2/c1-4-13-33(14-5-1)34-23-27-39(28-24-34)49-45-22-11-10-19-41(45)43-31-36(25-29-46(43)49)37-26-30-47-44(32-37)42-21-12-20-40(35-15-6-2-7-16-35)48(42)50(47)38-17-8-3-9-18-38/h1-32H/i10D,11D,19D,22D,25D,26D,29D,30D,31D,32D. The Labute approximate surface area is 304 Å². The second-order valence-electron chi connectivity index (χ2n) is 12.2. The largest absolute Gasteiger partial charge is 0.309 e. The molecule has 0 amide bonds. The van der Waals surface area contributed by atoms with Crippen LogP contribution in [0, 0.1) is 0 Å². The molecule has 234 valence electrons. The Kier molecular flexibility index (Phi) is 4.60. The SMILES string of the molecule is [2H]c1c([2H])c([2H])c2c(c1[2H])c1c([2H])c(-c3c([2H])c([2H])c4c(c3[2H])c3cccc(-c5ccccc5)c3n4-c3ccccc3)c([2H])c([2H])c1n2-c1ccc(-c2ccccc2)cc1. The summed E-state index contributed by atoms with van der Waals surface area (Å²) in [5, 5.41) is 0.950. The van der Waals surface area contributed by atoms with Gasteiger partial charge in [0, 0.05) is 38.5 Å². The first-order chi connectivity index (χ1) is 29.0. The fourth-order valence-corrected chi connectivity index (χ4v) is 7.00. The number of hydrogen-bond acceptors (Lipinski definition) is 0. The summed E-state index contributed by atoms with van der Waals surface area (Å²) in [7, 11) is 0. The quantitative estimate of drug-likeness (QED) is 0.176. The molecule has 2 heteroatoms. The zero-order valence-corrected chi connectivity index (χ0v) is 26.6. The molecule has 0 aliphatic rings. The Bertz CT molecular complexity index is 3400. The second-order valence-corrected chi connectivity index (χ2v) is 12.2. The van der Waals surface area contributed by atoms with E-state index in [2.05, 4.69) is 0 Å². The number of rotatable bonds is 5. The molecule has 0 N–H and O–H groups in total. The molecule has 0 bridgehead atoms. The van der Waals surface area contributed by atoms with Gasteiger partial charge in [-0.05, 0) is 82.3 Å². The van der Waals surface area contributed by atoms with Gasteiger partial charge in [-0.1, -0.05) is 139 Å². The first kappa shape index (κ1) is 20.0. The summed E-state index contributed by atoms with van der Waals surface area (Å²) >= 11 is 0. The van der Waals surface area contributed by atoms with Gasteiger partial charge in [-0.2, -0.15) is 0 Å². The van der Waals surface area contributed by atoms with Crippen molar-refractivity contribution in [1.82, 2.24) is 9.13 Å². The smallest absolute Gasteiger partial charge is 0.0645 e. The molecule has 0 spiro atoms. The van der Waals surface area contributed by atoms with Gasteiger partial charge in [0.1, 0.15) is 0 Å². The Morgan fingerprint density at radius 2 is 0.880 bits per heavy atom. The van der Waals surface area contributed by atoms with E-state index in [1.54, 1.807) is 12.1 Å². The first-order valence-corrected chi connectivity index (χ1v) is 16.4. The molecule has 8 aromatic carbocycles. The summed E-state index contributed by atoms with van der Waals surface area (Å²) in [6, 6.07) is 38.1. The van der Waals surface area contributed by atoms with Gasteiger partial charge in [0.25, 0.3) is 0 Å². The van der Waals surface area contributed by atoms with Crippen LogP contribution in [0.2, 0.25) is 0 Å². The van der Waals surface area contributed by atoms with Gasteiger partial charge in [0.15, 0.2) is 0 Å². The summed E-state index contributed by atoms with van der Waals surface area (Å²) in [4.78, 5) is 0. The maximum Gasteiger partial charge on any atom is 0.0645 e. The van der Waals surface area contributed by atoms with Gasteiger partial charge < -0.3 is 9.13 Å². The van der Waals surface area contributed by atoms with E-state index in [1.807, 2.05) is 126 Å². The molecule has 0 saturated heterocycles. The predicted molar refractivity (Wildman–Crippen MR) is 211 cm³/mol. The van der Waals surface area contributed by atoms with E-state index in [4.69, 9.17) is 5.48 Å². The number of aromatic nitrogens is 2. The van der Waals surface area contributed by atoms with Crippen LogP contribution < -0.4 is 0 Å². The minimum atomic E-state index is -0.520. The zero-order valence-electron chi connectivity index (χ0n) is 36.6. The molecule has 0 unspecified atom stereocenters. The van der Waals surface area contributed by atoms with E-state index in [0.29, 0.717) is 22.0 Å². The highest BCUT2D eigenvalue weighted by Crippen LogP contribution is 2.41. The van der Waals surface area contributed by atoms with Crippen molar-refractivity contribution in [3.05, 3.63) is 194 Å². The number of hydrogen-bond donors (Lipinski definition) is 0. The third kappa shape index (κ3) is 4.50. The summed E-state index contributed by atoms with van der Waals surface area (Å²) in [6.45, 7) is 0. The van der Waals surface area contributed by atoms with Crippen molar-refractivity contribution >= 4 is 43.6 Å². The van der Waals surface area contributed by atoms with Crippen molar-refractivity contribution in [2.75, 3.05) is 0 Å². The Morgan fingerprint density at radius 3 is 1.58 bits per heavy atom. The Balaban J connectivity index is 1.33. The molecule has 0 aliphatic heterocycles. The van der Waals surface area contributed by atoms with E-state index in [0.717, 1.165) is 33.5 Å². The summed E-state index contributed by atoms with van der Waals surface area (Å²) < 4.78 is 96.8. The molecule has 0 fully saturated rings. The fraction of sp³-hybridized carbons (Fsp3) is 0. The van der Waals surface area contributed by atoms with Crippen LogP contribution in [0.1, 0.15) is 13.7 Å². The van der Waals surface area contributed by atoms with E-state index in [9.17, 15) is 8.22 Å². The molecule has 0 saturated carbocycles. The van der Waals surface area contributed by atoms with Gasteiger partial charge in [-0.15, -0.1) is 0 Å². The van der Waals surface area contributed by atoms with Gasteiger partial charge >= 0.3 is 0 Å². The monoisotopic (exact) mass is 646 g/mol. The van der Waals surface area contributed by atoms with Crippen LogP contribution >= 0.6 is 0 Å². The minimum absolute atomic E-state index is 0.0105. The molecular weight excluding hydrogens is 605 g/mol. The van der Waals surface area contributed by atoms with E-state index < -0.39 is 30.2 Å². The predicted octanol–water partition coefficient (Wildman–Crippen LogP) is 12.9. The lowest BCUT2D eigenvalue weighted by atomic mass is 9.99. The molecule has 2 heterocycles. The average Bonchev–Trinajstić information content (AvgIpc) is 3.83. The highest BCUT2D eigenvalue weighted by atomic mass is 15.0. The van der Waals surface area contributed by atoms with E-state index >= 15 is 0 Å². The van der Waals surface area contributed by atoms with E-state index in [-0.39, 0.29) is 63.1 Å². The highest BCUT2D eigenvalue weighted by molar-refractivity contribution is 6.15. The van der Waals surface area contributed by atoms with Crippen LogP contribution in [-0.2, 0) is 0 Å². The van der Waals surface area contributed by atoms with Crippen LogP contribution in [-0.4, -0.2) is 9.13 Å². The number of benzene rings is 8. The lowest BCUT2D eigenvalue weighted by molar-refractivity contribution is 1.18. The van der Waals surface area contributed by atoms with Crippen molar-refractivity contribution in [3.63, 3.8) is 0 Å². The molecule has 10 aromatic rings. The lowest BCUT2D eigenvalue weighted by Gasteiger charge is -2.12. The van der Waals surface area contributed by atoms with Crippen molar-refractivity contribution in [3.8, 4) is 44.8 Å². The molecule has 50 heavy (non-hydrogen) atoms. The molecule has 10 rings (SSSR count). The molecule has 0 radical (unpaired) electrons. The molecule has 2 nitrogen and oxygen atoms in total. The van der Waals surface area contributed by atoms with Crippen molar-refractivity contribution in [2.24, 2.45) is 0 Å². The fourth-order valence-electron chi connectivity index (χ4n) is 7.00. The Hall–Kier alpha value is -6.64. The maximum atomic E-state index is 9.88. The van der Waals surface area contributed by atoms with Crippen LogP contribution in [0.3, 0.4) is 0 Å². The van der Waals surface area contributed by atoms with Crippen molar-refractivity contribution < 1.29 is 13.7 Å². The number of para-hydroxylation sites is 3. The van der Waals surface area contributed by atoms with Crippen LogP contribution in [0.15, 0.2) is 194 Å². The summed E-state index contributed by atoms with van der Waals surface area (Å²) in [5.41, 5.74) is 5.48. The number of fused-ring (bicyclic) bond motifs is 6. The summed E-state index contributed by atoms with van der Waals surface area (Å²) in [6.07, 6.45) is 0. The molecule has 0 aliphatic carbocycles. The topological polar surface area (TPSA) is 9.86 Å². The van der Waals surface area contributed by atoms with Gasteiger partial charge in [0.2, 0.25) is 0 Å². The lowest BCUT2D eigenvalue weighted by Crippen LogP contribution is -1.95. The van der Waals surface area contributed by atoms with Gasteiger partial charge in [-0.3, -0.25) is 0 Å². The van der Waals surface area contributed by atoms with E-state index in [1.165, 1.54) is 4.57 Å².